The van der Waals surface area contributed by atoms with Gasteiger partial charge in [0.05, 0.1) is 13.2 Å². The molecule has 1 aliphatic rings. The van der Waals surface area contributed by atoms with Gasteiger partial charge in [-0.2, -0.15) is 8.78 Å². The molecule has 0 amide bonds. The van der Waals surface area contributed by atoms with E-state index in [-0.39, 0.29) is 42.4 Å². The van der Waals surface area contributed by atoms with Crippen LogP contribution in [-0.4, -0.2) is 46.7 Å². The molecule has 1 aliphatic heterocycles. The summed E-state index contributed by atoms with van der Waals surface area (Å²) in [6.45, 7) is 4.14. The van der Waals surface area contributed by atoms with E-state index in [1.807, 2.05) is 19.1 Å². The number of benzene rings is 1. The van der Waals surface area contributed by atoms with Crippen molar-refractivity contribution in [3.05, 3.63) is 53.6 Å². The quantitative estimate of drug-likeness (QED) is 0.382. The van der Waals surface area contributed by atoms with E-state index in [1.165, 1.54) is 18.0 Å². The van der Waals surface area contributed by atoms with E-state index >= 15 is 0 Å². The van der Waals surface area contributed by atoms with Crippen molar-refractivity contribution < 1.29 is 13.5 Å². The van der Waals surface area contributed by atoms with Crippen LogP contribution in [0.25, 0.3) is 0 Å². The Bertz CT molecular complexity index is 783. The molecule has 154 valence electrons. The first-order valence-electron chi connectivity index (χ1n) is 9.10. The van der Waals surface area contributed by atoms with Crippen LogP contribution >= 0.6 is 24.0 Å². The van der Waals surface area contributed by atoms with E-state index in [4.69, 9.17) is 4.74 Å². The zero-order chi connectivity index (χ0) is 19.2. The van der Waals surface area contributed by atoms with Crippen LogP contribution in [0.5, 0.6) is 0 Å². The lowest BCUT2D eigenvalue weighted by Crippen LogP contribution is -2.48. The molecule has 1 atom stereocenters. The summed E-state index contributed by atoms with van der Waals surface area (Å²) in [5, 5.41) is 3.25. The van der Waals surface area contributed by atoms with Gasteiger partial charge in [0.2, 0.25) is 0 Å². The van der Waals surface area contributed by atoms with Crippen LogP contribution in [0.1, 0.15) is 36.5 Å². The Labute approximate surface area is 181 Å². The highest BCUT2D eigenvalue weighted by molar-refractivity contribution is 14.0. The van der Waals surface area contributed by atoms with Crippen molar-refractivity contribution in [2.24, 2.45) is 4.99 Å². The molecule has 0 aliphatic carbocycles. The number of rotatable bonds is 5. The second-order valence-corrected chi connectivity index (χ2v) is 6.36. The Hall–Kier alpha value is -1.75. The van der Waals surface area contributed by atoms with Crippen LogP contribution in [-0.2, 0) is 11.3 Å². The van der Waals surface area contributed by atoms with Crippen molar-refractivity contribution >= 4 is 29.9 Å². The second-order valence-electron chi connectivity index (χ2n) is 6.36. The van der Waals surface area contributed by atoms with Gasteiger partial charge in [0.1, 0.15) is 18.5 Å². The number of imidazole rings is 1. The summed E-state index contributed by atoms with van der Waals surface area (Å²) in [5.74, 6) is 0.923. The minimum absolute atomic E-state index is 0. The number of aliphatic imine (C=N–C) groups is 1. The predicted molar refractivity (Wildman–Crippen MR) is 115 cm³/mol. The highest BCUT2D eigenvalue weighted by Gasteiger charge is 2.25. The molecule has 1 saturated heterocycles. The maximum absolute atomic E-state index is 13.0. The number of aromatic nitrogens is 2. The first kappa shape index (κ1) is 22.5. The number of aryl methyl sites for hydroxylation is 1. The van der Waals surface area contributed by atoms with Gasteiger partial charge in [0.25, 0.3) is 0 Å². The molecule has 3 rings (SSSR count). The maximum Gasteiger partial charge on any atom is 0.319 e. The van der Waals surface area contributed by atoms with Gasteiger partial charge in [-0.05, 0) is 25.0 Å². The molecule has 0 saturated carbocycles. The molecule has 0 radical (unpaired) electrons. The second kappa shape index (κ2) is 10.7. The first-order valence-corrected chi connectivity index (χ1v) is 9.10. The van der Waals surface area contributed by atoms with Crippen LogP contribution in [0.2, 0.25) is 0 Å². The van der Waals surface area contributed by atoms with E-state index in [0.29, 0.717) is 32.2 Å². The fourth-order valence-corrected chi connectivity index (χ4v) is 3.19. The van der Waals surface area contributed by atoms with Gasteiger partial charge in [-0.25, -0.2) is 9.98 Å². The Kier molecular flexibility index (Phi) is 8.61. The van der Waals surface area contributed by atoms with Gasteiger partial charge in [-0.15, -0.1) is 24.0 Å². The predicted octanol–water partition coefficient (Wildman–Crippen LogP) is 3.74. The minimum Gasteiger partial charge on any atom is -0.370 e. The van der Waals surface area contributed by atoms with E-state index in [0.717, 1.165) is 10.1 Å². The molecular weight excluding hydrogens is 479 g/mol. The van der Waals surface area contributed by atoms with Gasteiger partial charge in [0, 0.05) is 25.5 Å². The van der Waals surface area contributed by atoms with Crippen LogP contribution in [0.15, 0.2) is 41.7 Å². The standard InChI is InChI=1S/C19H25F2N5O.HI/c1-3-22-19(24-12-17-23-8-9-26(17)18(20)21)25-10-11-27-16(13-25)15-7-5-4-6-14(15)2;/h4-9,16,18H,3,10-13H2,1-2H3,(H,22,24);1H. The number of halogens is 3. The number of hydrogen-bond acceptors (Lipinski definition) is 3. The maximum atomic E-state index is 13.0. The Morgan fingerprint density at radius 2 is 2.18 bits per heavy atom. The molecule has 1 aromatic carbocycles. The Morgan fingerprint density at radius 1 is 1.39 bits per heavy atom. The Balaban J connectivity index is 0.00000280. The van der Waals surface area contributed by atoms with Crippen molar-refractivity contribution in [1.82, 2.24) is 19.8 Å². The van der Waals surface area contributed by atoms with E-state index in [2.05, 4.69) is 39.2 Å². The molecule has 2 heterocycles. The van der Waals surface area contributed by atoms with Crippen molar-refractivity contribution in [1.29, 1.82) is 0 Å². The summed E-state index contributed by atoms with van der Waals surface area (Å²) in [7, 11) is 0. The molecule has 28 heavy (non-hydrogen) atoms. The molecule has 6 nitrogen and oxygen atoms in total. The molecule has 2 aromatic rings. The van der Waals surface area contributed by atoms with Crippen molar-refractivity contribution in [2.75, 3.05) is 26.2 Å². The third kappa shape index (κ3) is 5.40. The highest BCUT2D eigenvalue weighted by Crippen LogP contribution is 2.25. The minimum atomic E-state index is -2.62. The average molecular weight is 505 g/mol. The summed E-state index contributed by atoms with van der Waals surface area (Å²) >= 11 is 0. The zero-order valence-corrected chi connectivity index (χ0v) is 18.3. The fraction of sp³-hybridized carbons (Fsp3) is 0.474. The van der Waals surface area contributed by atoms with Crippen molar-refractivity contribution in [2.45, 2.75) is 33.0 Å². The number of hydrogen-bond donors (Lipinski definition) is 1. The van der Waals surface area contributed by atoms with Gasteiger partial charge in [-0.1, -0.05) is 24.3 Å². The third-order valence-corrected chi connectivity index (χ3v) is 4.57. The molecule has 1 aromatic heterocycles. The molecular formula is C19H26F2IN5O. The fourth-order valence-electron chi connectivity index (χ4n) is 3.19. The lowest BCUT2D eigenvalue weighted by atomic mass is 10.0. The van der Waals surface area contributed by atoms with Gasteiger partial charge in [0.15, 0.2) is 5.96 Å². The first-order chi connectivity index (χ1) is 13.1. The normalized spacial score (nSPS) is 17.5. The average Bonchev–Trinajstić information content (AvgIpc) is 3.14. The largest absolute Gasteiger partial charge is 0.370 e. The van der Waals surface area contributed by atoms with Gasteiger partial charge < -0.3 is 15.0 Å². The lowest BCUT2D eigenvalue weighted by molar-refractivity contribution is -0.00835. The van der Waals surface area contributed by atoms with Gasteiger partial charge in [-0.3, -0.25) is 4.57 Å². The van der Waals surface area contributed by atoms with Crippen LogP contribution in [0, 0.1) is 6.92 Å². The lowest BCUT2D eigenvalue weighted by Gasteiger charge is -2.35. The molecule has 9 heteroatoms. The van der Waals surface area contributed by atoms with Crippen molar-refractivity contribution in [3.8, 4) is 0 Å². The summed E-state index contributed by atoms with van der Waals surface area (Å²) < 4.78 is 32.8. The molecule has 1 N–H and O–H groups in total. The summed E-state index contributed by atoms with van der Waals surface area (Å²) in [4.78, 5) is 10.6. The van der Waals surface area contributed by atoms with E-state index < -0.39 is 6.55 Å². The number of nitrogens with one attached hydrogen (secondary N) is 1. The van der Waals surface area contributed by atoms with Crippen LogP contribution in [0.4, 0.5) is 8.78 Å². The molecule has 0 spiro atoms. The summed E-state index contributed by atoms with van der Waals surface area (Å²) in [5.41, 5.74) is 2.34. The van der Waals surface area contributed by atoms with Crippen LogP contribution in [0.3, 0.4) is 0 Å². The molecule has 1 fully saturated rings. The summed E-state index contributed by atoms with van der Waals surface area (Å²) in [6.07, 6.45) is 2.59. The van der Waals surface area contributed by atoms with E-state index in [1.54, 1.807) is 0 Å². The topological polar surface area (TPSA) is 54.7 Å². The number of guanidine groups is 1. The molecule has 0 bridgehead atoms. The number of nitrogens with zero attached hydrogens (tertiary/aromatic N) is 4. The monoisotopic (exact) mass is 505 g/mol. The molecule has 1 unspecified atom stereocenters. The van der Waals surface area contributed by atoms with E-state index in [9.17, 15) is 8.78 Å². The zero-order valence-electron chi connectivity index (χ0n) is 16.0. The van der Waals surface area contributed by atoms with Gasteiger partial charge >= 0.3 is 6.55 Å². The number of morpholine rings is 1. The highest BCUT2D eigenvalue weighted by atomic mass is 127. The number of ether oxygens (including phenoxy) is 1. The Morgan fingerprint density at radius 3 is 2.89 bits per heavy atom. The third-order valence-electron chi connectivity index (χ3n) is 4.57. The smallest absolute Gasteiger partial charge is 0.319 e. The summed E-state index contributed by atoms with van der Waals surface area (Å²) in [6, 6.07) is 8.16. The SMILES string of the molecule is CCNC(=NCc1nccn1C(F)F)N1CCOC(c2ccccc2C)C1.I. The van der Waals surface area contributed by atoms with Crippen LogP contribution < -0.4 is 5.32 Å². The number of alkyl halides is 2. The van der Waals surface area contributed by atoms with Crippen molar-refractivity contribution in [3.63, 3.8) is 0 Å².